The van der Waals surface area contributed by atoms with Crippen LogP contribution < -0.4 is 11.3 Å². The van der Waals surface area contributed by atoms with Crippen LogP contribution >= 0.6 is 7.82 Å². The number of rotatable bonds is 4. The second-order valence-electron chi connectivity index (χ2n) is 5.11. The number of fused-ring (bicyclic) bond motifs is 1. The third kappa shape index (κ3) is 3.13. The van der Waals surface area contributed by atoms with Gasteiger partial charge in [0.2, 0.25) is 5.95 Å². The van der Waals surface area contributed by atoms with Crippen LogP contribution in [0, 0.1) is 0 Å². The van der Waals surface area contributed by atoms with E-state index in [2.05, 4.69) is 19.5 Å². The van der Waals surface area contributed by atoms with Crippen LogP contribution in [-0.4, -0.2) is 63.8 Å². The molecule has 0 unspecified atom stereocenters. The van der Waals surface area contributed by atoms with Crippen LogP contribution in [0.25, 0.3) is 11.2 Å². The number of phosphoric acid groups is 1. The molecule has 4 atom stereocenters. The smallest absolute Gasteiger partial charge is 0.470 e. The van der Waals surface area contributed by atoms with E-state index in [1.165, 1.54) is 0 Å². The zero-order valence-corrected chi connectivity index (χ0v) is 13.0. The first-order valence-electron chi connectivity index (χ1n) is 6.61. The molecule has 0 spiro atoms. The van der Waals surface area contributed by atoms with E-state index < -0.39 is 43.9 Å². The van der Waals surface area contributed by atoms with Crippen LogP contribution in [0.15, 0.2) is 11.1 Å². The lowest BCUT2D eigenvalue weighted by Crippen LogP contribution is -2.37. The Bertz CT molecular complexity index is 934. The summed E-state index contributed by atoms with van der Waals surface area (Å²) in [5.74, 6) is -1.88. The Kier molecular flexibility index (Phi) is 4.10. The van der Waals surface area contributed by atoms with Crippen molar-refractivity contribution in [2.24, 2.45) is 0 Å². The van der Waals surface area contributed by atoms with Gasteiger partial charge in [-0.1, -0.05) is 0 Å². The molecule has 0 amide bonds. The van der Waals surface area contributed by atoms with Crippen molar-refractivity contribution in [2.45, 2.75) is 24.5 Å². The number of anilines is 1. The van der Waals surface area contributed by atoms with Crippen molar-refractivity contribution in [3.63, 3.8) is 0 Å². The van der Waals surface area contributed by atoms with Crippen molar-refractivity contribution in [1.29, 1.82) is 0 Å². The molecular formula is C10H12N5O9P. The highest BCUT2D eigenvalue weighted by atomic mass is 31.2. The van der Waals surface area contributed by atoms with Crippen LogP contribution in [0.1, 0.15) is 6.23 Å². The van der Waals surface area contributed by atoms with Crippen LogP contribution in [-0.2, 0) is 18.6 Å². The fourth-order valence-electron chi connectivity index (χ4n) is 2.48. The number of aromatic nitrogens is 4. The summed E-state index contributed by atoms with van der Waals surface area (Å²) in [6, 6.07) is 0. The van der Waals surface area contributed by atoms with E-state index in [-0.39, 0.29) is 17.1 Å². The Morgan fingerprint density at radius 2 is 2.16 bits per heavy atom. The number of phosphoric ester groups is 1. The highest BCUT2D eigenvalue weighted by Crippen LogP contribution is 2.44. The highest BCUT2D eigenvalue weighted by molar-refractivity contribution is 7.46. The Hall–Kier alpha value is -2.35. The number of imidazole rings is 1. The van der Waals surface area contributed by atoms with E-state index in [1.807, 2.05) is 0 Å². The Morgan fingerprint density at radius 3 is 2.76 bits per heavy atom. The molecule has 1 fully saturated rings. The van der Waals surface area contributed by atoms with E-state index in [0.717, 1.165) is 10.9 Å². The first kappa shape index (κ1) is 17.5. The monoisotopic (exact) mass is 377 g/mol. The number of hydrogen-bond acceptors (Lipinski definition) is 9. The van der Waals surface area contributed by atoms with Gasteiger partial charge in [0, 0.05) is 0 Å². The highest BCUT2D eigenvalue weighted by Gasteiger charge is 2.52. The first-order chi connectivity index (χ1) is 11.6. The molecule has 1 saturated heterocycles. The molecule has 2 aromatic rings. The molecule has 0 bridgehead atoms. The van der Waals surface area contributed by atoms with Gasteiger partial charge in [0.05, 0.1) is 6.33 Å². The van der Waals surface area contributed by atoms with E-state index in [4.69, 9.17) is 25.4 Å². The van der Waals surface area contributed by atoms with Crippen LogP contribution in [0.4, 0.5) is 5.95 Å². The second-order valence-corrected chi connectivity index (χ2v) is 6.30. The van der Waals surface area contributed by atoms with Crippen molar-refractivity contribution in [3.05, 3.63) is 16.7 Å². The van der Waals surface area contributed by atoms with E-state index >= 15 is 0 Å². The number of nitrogen functional groups attached to an aromatic ring is 1. The maximum absolute atomic E-state index is 11.8. The average Bonchev–Trinajstić information content (AvgIpc) is 3.00. The molecule has 15 heteroatoms. The fourth-order valence-corrected chi connectivity index (χ4v) is 3.04. The number of nitrogens with zero attached hydrogens (tertiary/aromatic N) is 3. The lowest BCUT2D eigenvalue weighted by Gasteiger charge is -2.19. The van der Waals surface area contributed by atoms with Gasteiger partial charge in [-0.05, 0) is 0 Å². The minimum Gasteiger partial charge on any atom is -0.479 e. The normalized spacial score (nSPS) is 27.0. The van der Waals surface area contributed by atoms with Crippen LogP contribution in [0.2, 0.25) is 0 Å². The molecular weight excluding hydrogens is 365 g/mol. The van der Waals surface area contributed by atoms with Gasteiger partial charge in [-0.15, -0.1) is 0 Å². The maximum Gasteiger partial charge on any atom is 0.470 e. The van der Waals surface area contributed by atoms with E-state index in [0.29, 0.717) is 0 Å². The topological polar surface area (TPSA) is 223 Å². The molecule has 14 nitrogen and oxygen atoms in total. The molecule has 0 aliphatic carbocycles. The summed E-state index contributed by atoms with van der Waals surface area (Å²) < 4.78 is 21.5. The van der Waals surface area contributed by atoms with Crippen molar-refractivity contribution in [2.75, 3.05) is 5.73 Å². The summed E-state index contributed by atoms with van der Waals surface area (Å²) in [5, 5.41) is 19.4. The summed E-state index contributed by atoms with van der Waals surface area (Å²) in [6.07, 6.45) is -6.02. The molecule has 1 aliphatic heterocycles. The number of aliphatic hydroxyl groups excluding tert-OH is 1. The SMILES string of the molecule is Nc1nc2c(ncn2[C@@H]2O[C@H](C(=O)O)[C@@H](OP(=O)(O)O)[C@H]2O)c(=O)[nH]1. The third-order valence-corrected chi connectivity index (χ3v) is 3.96. The number of carboxylic acid groups (broad SMARTS) is 1. The van der Waals surface area contributed by atoms with Gasteiger partial charge in [-0.2, -0.15) is 4.98 Å². The summed E-state index contributed by atoms with van der Waals surface area (Å²) in [5.41, 5.74) is 4.49. The minimum atomic E-state index is -5.12. The van der Waals surface area contributed by atoms with Gasteiger partial charge < -0.3 is 30.5 Å². The number of carbonyl (C=O) groups is 1. The molecule has 7 N–H and O–H groups in total. The minimum absolute atomic E-state index is 0.119. The van der Waals surface area contributed by atoms with Crippen LogP contribution in [0.5, 0.6) is 0 Å². The molecule has 1 aliphatic rings. The van der Waals surface area contributed by atoms with Crippen molar-refractivity contribution < 1.29 is 38.6 Å². The molecule has 0 saturated carbocycles. The van der Waals surface area contributed by atoms with Gasteiger partial charge in [0.1, 0.15) is 12.2 Å². The summed E-state index contributed by atoms with van der Waals surface area (Å²) in [7, 11) is -5.12. The Balaban J connectivity index is 2.05. The number of aromatic amines is 1. The summed E-state index contributed by atoms with van der Waals surface area (Å²) >= 11 is 0. The van der Waals surface area contributed by atoms with E-state index in [9.17, 15) is 19.3 Å². The van der Waals surface area contributed by atoms with Crippen LogP contribution in [0.3, 0.4) is 0 Å². The van der Waals surface area contributed by atoms with Crippen molar-refractivity contribution in [1.82, 2.24) is 19.5 Å². The zero-order chi connectivity index (χ0) is 18.5. The van der Waals surface area contributed by atoms with Gasteiger partial charge in [0.15, 0.2) is 23.5 Å². The summed E-state index contributed by atoms with van der Waals surface area (Å²) in [6.45, 7) is 0. The fraction of sp³-hybridized carbons (Fsp3) is 0.400. The largest absolute Gasteiger partial charge is 0.479 e. The van der Waals surface area contributed by atoms with Crippen molar-refractivity contribution in [3.8, 4) is 0 Å². The Morgan fingerprint density at radius 1 is 1.48 bits per heavy atom. The van der Waals surface area contributed by atoms with Gasteiger partial charge in [-0.25, -0.2) is 14.3 Å². The van der Waals surface area contributed by atoms with E-state index in [1.54, 1.807) is 0 Å². The standard InChI is InChI=1S/C10H12N5O9P/c11-10-13-6-2(7(17)14-10)12-1-15(6)8-3(16)4(24-25(20,21)22)5(23-8)9(18)19/h1,3-5,8,16H,(H,18,19)(H2,20,21,22)(H3,11,13,14,17)/t3-,4+,5+,8-/m1/s1. The first-order valence-corrected chi connectivity index (χ1v) is 8.14. The molecule has 3 heterocycles. The third-order valence-electron chi connectivity index (χ3n) is 3.44. The van der Waals surface area contributed by atoms with Crippen molar-refractivity contribution >= 4 is 30.9 Å². The molecule has 3 rings (SSSR count). The number of carboxylic acids is 1. The van der Waals surface area contributed by atoms with Gasteiger partial charge >= 0.3 is 13.8 Å². The molecule has 136 valence electrons. The number of aliphatic carboxylic acids is 1. The second kappa shape index (κ2) is 5.87. The molecule has 0 radical (unpaired) electrons. The molecule has 2 aromatic heterocycles. The number of ether oxygens (including phenoxy) is 1. The quantitative estimate of drug-likeness (QED) is 0.305. The number of nitrogens with one attached hydrogen (secondary N) is 1. The lowest BCUT2D eigenvalue weighted by molar-refractivity contribution is -0.154. The number of aliphatic hydroxyl groups is 1. The van der Waals surface area contributed by atoms with Gasteiger partial charge in [0.25, 0.3) is 5.56 Å². The lowest BCUT2D eigenvalue weighted by atomic mass is 10.1. The number of hydrogen-bond donors (Lipinski definition) is 6. The Labute approximate surface area is 137 Å². The average molecular weight is 377 g/mol. The zero-order valence-electron chi connectivity index (χ0n) is 12.1. The maximum atomic E-state index is 11.8. The number of nitrogens with two attached hydrogens (primary N) is 1. The predicted molar refractivity (Wildman–Crippen MR) is 77.0 cm³/mol. The van der Waals surface area contributed by atoms with Gasteiger partial charge in [-0.3, -0.25) is 18.9 Å². The molecule has 25 heavy (non-hydrogen) atoms. The predicted octanol–water partition coefficient (Wildman–Crippen LogP) is -2.48. The molecule has 0 aromatic carbocycles. The number of H-pyrrole nitrogens is 1. The summed E-state index contributed by atoms with van der Waals surface area (Å²) in [4.78, 5) is 50.6.